The Bertz CT molecular complexity index is 674. The molecule has 24 heavy (non-hydrogen) atoms. The van der Waals surface area contributed by atoms with Crippen LogP contribution in [-0.4, -0.2) is 30.5 Å². The topological polar surface area (TPSA) is 80.3 Å². The maximum absolute atomic E-state index is 11.8. The van der Waals surface area contributed by atoms with Crippen molar-refractivity contribution in [3.63, 3.8) is 0 Å². The molecule has 1 aromatic heterocycles. The number of hydrogen-bond acceptors (Lipinski definition) is 4. The van der Waals surface area contributed by atoms with Crippen LogP contribution in [0, 0.1) is 0 Å². The summed E-state index contributed by atoms with van der Waals surface area (Å²) in [5.41, 5.74) is 2.01. The molecule has 0 atom stereocenters. The minimum absolute atomic E-state index is 0.177. The average Bonchev–Trinajstić information content (AvgIpc) is 2.61. The van der Waals surface area contributed by atoms with Gasteiger partial charge in [-0.2, -0.15) is 0 Å². The van der Waals surface area contributed by atoms with Crippen LogP contribution in [0.3, 0.4) is 0 Å². The van der Waals surface area contributed by atoms with E-state index in [4.69, 9.17) is 4.74 Å². The van der Waals surface area contributed by atoms with Crippen molar-refractivity contribution in [1.29, 1.82) is 0 Å². The van der Waals surface area contributed by atoms with E-state index in [1.165, 1.54) is 0 Å². The number of carbonyl (C=O) groups excluding carboxylic acids is 2. The predicted molar refractivity (Wildman–Crippen MR) is 90.4 cm³/mol. The first kappa shape index (κ1) is 17.5. The zero-order valence-electron chi connectivity index (χ0n) is 13.6. The van der Waals surface area contributed by atoms with Crippen LogP contribution in [0.4, 0.5) is 0 Å². The van der Waals surface area contributed by atoms with Crippen LogP contribution in [0.15, 0.2) is 48.8 Å². The molecule has 1 aromatic carbocycles. The molecule has 2 rings (SSSR count). The molecule has 0 fully saturated rings. The van der Waals surface area contributed by atoms with Crippen LogP contribution >= 0.6 is 0 Å². The Morgan fingerprint density at radius 2 is 1.79 bits per heavy atom. The van der Waals surface area contributed by atoms with Crippen LogP contribution in [0.1, 0.15) is 17.5 Å². The van der Waals surface area contributed by atoms with Gasteiger partial charge < -0.3 is 15.4 Å². The number of nitrogens with zero attached hydrogens (tertiary/aromatic N) is 1. The lowest BCUT2D eigenvalue weighted by Gasteiger charge is -2.07. The molecule has 126 valence electrons. The van der Waals surface area contributed by atoms with E-state index >= 15 is 0 Å². The van der Waals surface area contributed by atoms with Crippen molar-refractivity contribution in [3.05, 3.63) is 59.9 Å². The van der Waals surface area contributed by atoms with Crippen molar-refractivity contribution >= 4 is 11.8 Å². The summed E-state index contributed by atoms with van der Waals surface area (Å²) in [4.78, 5) is 27.4. The fourth-order valence-electron chi connectivity index (χ4n) is 2.15. The second-order valence-corrected chi connectivity index (χ2v) is 5.26. The molecule has 2 N–H and O–H groups in total. The van der Waals surface area contributed by atoms with Crippen molar-refractivity contribution in [2.24, 2.45) is 0 Å². The van der Waals surface area contributed by atoms with E-state index in [1.54, 1.807) is 19.5 Å². The van der Waals surface area contributed by atoms with Gasteiger partial charge in [0, 0.05) is 25.5 Å². The maximum Gasteiger partial charge on any atom is 0.229 e. The molecule has 0 aliphatic rings. The lowest BCUT2D eigenvalue weighted by atomic mass is 10.1. The molecule has 2 amide bonds. The number of hydrogen-bond donors (Lipinski definition) is 2. The van der Waals surface area contributed by atoms with Crippen LogP contribution < -0.4 is 15.4 Å². The second-order valence-electron chi connectivity index (χ2n) is 5.26. The summed E-state index contributed by atoms with van der Waals surface area (Å²) in [6.07, 6.45) is 3.82. The monoisotopic (exact) mass is 327 g/mol. The first-order valence-electron chi connectivity index (χ1n) is 7.72. The van der Waals surface area contributed by atoms with Gasteiger partial charge in [0.05, 0.1) is 7.11 Å². The van der Waals surface area contributed by atoms with E-state index in [9.17, 15) is 9.59 Å². The molecule has 0 bridgehead atoms. The molecule has 0 aliphatic carbocycles. The Morgan fingerprint density at radius 1 is 1.04 bits per heavy atom. The normalized spacial score (nSPS) is 10.0. The second kappa shape index (κ2) is 9.29. The van der Waals surface area contributed by atoms with Gasteiger partial charge in [0.15, 0.2) is 0 Å². The maximum atomic E-state index is 11.8. The van der Waals surface area contributed by atoms with Gasteiger partial charge in [-0.25, -0.2) is 0 Å². The molecule has 0 spiro atoms. The van der Waals surface area contributed by atoms with Gasteiger partial charge in [-0.15, -0.1) is 0 Å². The Hall–Kier alpha value is -2.89. The largest absolute Gasteiger partial charge is 0.497 e. The van der Waals surface area contributed by atoms with E-state index in [-0.39, 0.29) is 18.2 Å². The summed E-state index contributed by atoms with van der Waals surface area (Å²) in [7, 11) is 1.62. The van der Waals surface area contributed by atoms with Gasteiger partial charge in [-0.05, 0) is 41.8 Å². The number of methoxy groups -OCH3 is 1. The van der Waals surface area contributed by atoms with Gasteiger partial charge >= 0.3 is 0 Å². The third-order valence-electron chi connectivity index (χ3n) is 3.43. The smallest absolute Gasteiger partial charge is 0.229 e. The standard InChI is InChI=1S/C18H21N3O3/c1-24-16-4-2-3-14(11-16)7-10-20-17(22)12-18(23)21-13-15-5-8-19-9-6-15/h2-6,8-9,11H,7,10,12-13H2,1H3,(H,20,22)(H,21,23). The highest BCUT2D eigenvalue weighted by Gasteiger charge is 2.08. The number of rotatable bonds is 8. The van der Waals surface area contributed by atoms with E-state index in [0.717, 1.165) is 16.9 Å². The molecule has 1 heterocycles. The highest BCUT2D eigenvalue weighted by molar-refractivity contribution is 5.96. The Labute approximate surface area is 141 Å². The number of pyridine rings is 1. The zero-order valence-corrected chi connectivity index (χ0v) is 13.6. The van der Waals surface area contributed by atoms with E-state index in [0.29, 0.717) is 19.5 Å². The minimum Gasteiger partial charge on any atom is -0.497 e. The fourth-order valence-corrected chi connectivity index (χ4v) is 2.15. The number of carbonyl (C=O) groups is 2. The van der Waals surface area contributed by atoms with Crippen molar-refractivity contribution in [2.45, 2.75) is 19.4 Å². The van der Waals surface area contributed by atoms with Gasteiger partial charge in [0.25, 0.3) is 0 Å². The van der Waals surface area contributed by atoms with Crippen LogP contribution in [0.25, 0.3) is 0 Å². The van der Waals surface area contributed by atoms with E-state index in [1.807, 2.05) is 36.4 Å². The molecule has 0 unspecified atom stereocenters. The fraction of sp³-hybridized carbons (Fsp3) is 0.278. The SMILES string of the molecule is COc1cccc(CCNC(=O)CC(=O)NCc2ccncc2)c1. The first-order valence-corrected chi connectivity index (χ1v) is 7.72. The molecular weight excluding hydrogens is 306 g/mol. The minimum atomic E-state index is -0.300. The molecule has 6 heteroatoms. The van der Waals surface area contributed by atoms with Crippen LogP contribution in [0.2, 0.25) is 0 Å². The number of aromatic nitrogens is 1. The molecule has 0 saturated heterocycles. The highest BCUT2D eigenvalue weighted by atomic mass is 16.5. The van der Waals surface area contributed by atoms with Crippen molar-refractivity contribution in [2.75, 3.05) is 13.7 Å². The van der Waals surface area contributed by atoms with Crippen molar-refractivity contribution < 1.29 is 14.3 Å². The third-order valence-corrected chi connectivity index (χ3v) is 3.43. The molecule has 0 radical (unpaired) electrons. The first-order chi connectivity index (χ1) is 11.7. The van der Waals surface area contributed by atoms with E-state index < -0.39 is 0 Å². The number of benzene rings is 1. The number of amides is 2. The van der Waals surface area contributed by atoms with E-state index in [2.05, 4.69) is 15.6 Å². The van der Waals surface area contributed by atoms with Gasteiger partial charge in [-0.1, -0.05) is 12.1 Å². The number of ether oxygens (including phenoxy) is 1. The van der Waals surface area contributed by atoms with Crippen molar-refractivity contribution in [1.82, 2.24) is 15.6 Å². The average molecular weight is 327 g/mol. The molecule has 0 aliphatic heterocycles. The van der Waals surface area contributed by atoms with Gasteiger partial charge in [-0.3, -0.25) is 14.6 Å². The van der Waals surface area contributed by atoms with Crippen LogP contribution in [-0.2, 0) is 22.6 Å². The zero-order chi connectivity index (χ0) is 17.2. The summed E-state index contributed by atoms with van der Waals surface area (Å²) < 4.78 is 5.15. The summed E-state index contributed by atoms with van der Waals surface area (Å²) in [5, 5.41) is 5.46. The van der Waals surface area contributed by atoms with Crippen LogP contribution in [0.5, 0.6) is 5.75 Å². The number of nitrogens with one attached hydrogen (secondary N) is 2. The molecule has 0 saturated carbocycles. The van der Waals surface area contributed by atoms with Crippen molar-refractivity contribution in [3.8, 4) is 5.75 Å². The highest BCUT2D eigenvalue weighted by Crippen LogP contribution is 2.12. The summed E-state index contributed by atoms with van der Waals surface area (Å²) in [5.74, 6) is 0.199. The Kier molecular flexibility index (Phi) is 6.76. The molecule has 6 nitrogen and oxygen atoms in total. The summed E-state index contributed by atoms with van der Waals surface area (Å²) in [6, 6.07) is 11.3. The lowest BCUT2D eigenvalue weighted by Crippen LogP contribution is -2.32. The summed E-state index contributed by atoms with van der Waals surface area (Å²) in [6.45, 7) is 0.863. The Balaban J connectivity index is 1.66. The summed E-state index contributed by atoms with van der Waals surface area (Å²) >= 11 is 0. The third kappa shape index (κ3) is 6.08. The molecule has 2 aromatic rings. The Morgan fingerprint density at radius 3 is 2.54 bits per heavy atom. The lowest BCUT2D eigenvalue weighted by molar-refractivity contribution is -0.129. The predicted octanol–water partition coefficient (Wildman–Crippen LogP) is 1.46. The van der Waals surface area contributed by atoms with Gasteiger partial charge in [0.1, 0.15) is 12.2 Å². The van der Waals surface area contributed by atoms with Gasteiger partial charge in [0.2, 0.25) is 11.8 Å². The quantitative estimate of drug-likeness (QED) is 0.719. The molecular formula is C18H21N3O3.